The molecule has 0 amide bonds. The molecule has 0 bridgehead atoms. The summed E-state index contributed by atoms with van der Waals surface area (Å²) < 4.78 is 0. The van der Waals surface area contributed by atoms with Gasteiger partial charge in [0.05, 0.1) is 0 Å². The van der Waals surface area contributed by atoms with Crippen LogP contribution in [0.25, 0.3) is 0 Å². The summed E-state index contributed by atoms with van der Waals surface area (Å²) in [6, 6.07) is 0. The lowest BCUT2D eigenvalue weighted by Crippen LogP contribution is -2.11. The number of aryl methyl sites for hydroxylation is 3. The predicted octanol–water partition coefficient (Wildman–Crippen LogP) is 10.3. The Morgan fingerprint density at radius 2 is 0.824 bits per heavy atom. The van der Waals surface area contributed by atoms with Crippen LogP contribution in [-0.4, -0.2) is 9.97 Å². The topological polar surface area (TPSA) is 25.8 Å². The van der Waals surface area contributed by atoms with Crippen LogP contribution >= 0.6 is 0 Å². The summed E-state index contributed by atoms with van der Waals surface area (Å²) in [5, 5.41) is 0. The third-order valence-electron chi connectivity index (χ3n) is 7.19. The van der Waals surface area contributed by atoms with Crippen molar-refractivity contribution in [3.63, 3.8) is 0 Å². The van der Waals surface area contributed by atoms with Crippen molar-refractivity contribution in [2.24, 2.45) is 0 Å². The van der Waals surface area contributed by atoms with Gasteiger partial charge in [0.15, 0.2) is 0 Å². The van der Waals surface area contributed by atoms with E-state index in [1.54, 1.807) is 0 Å². The largest absolute Gasteiger partial charge is 0.238 e. The first-order valence-electron chi connectivity index (χ1n) is 15.4. The fraction of sp³-hybridized carbons (Fsp3) is 0.844. The van der Waals surface area contributed by atoms with Crippen LogP contribution in [0.4, 0.5) is 0 Å². The van der Waals surface area contributed by atoms with Gasteiger partial charge in [0, 0.05) is 17.8 Å². The zero-order valence-corrected chi connectivity index (χ0v) is 23.6. The summed E-state index contributed by atoms with van der Waals surface area (Å²) in [6.45, 7) is 11.0. The van der Waals surface area contributed by atoms with E-state index in [1.165, 1.54) is 139 Å². The fourth-order valence-corrected chi connectivity index (χ4v) is 4.96. The highest BCUT2D eigenvalue weighted by molar-refractivity contribution is 5.27. The summed E-state index contributed by atoms with van der Waals surface area (Å²) in [7, 11) is 0. The fourth-order valence-electron chi connectivity index (χ4n) is 4.96. The first-order chi connectivity index (χ1) is 16.8. The maximum absolute atomic E-state index is 5.16. The molecule has 1 aromatic heterocycles. The Bertz CT molecular complexity index is 543. The van der Waals surface area contributed by atoms with Crippen molar-refractivity contribution in [1.82, 2.24) is 9.97 Å². The van der Waals surface area contributed by atoms with E-state index in [9.17, 15) is 0 Å². The molecule has 0 aliphatic rings. The van der Waals surface area contributed by atoms with Crippen molar-refractivity contribution in [3.8, 4) is 0 Å². The van der Waals surface area contributed by atoms with Crippen LogP contribution < -0.4 is 0 Å². The molecule has 0 saturated carbocycles. The Kier molecular flexibility index (Phi) is 20.6. The zero-order chi connectivity index (χ0) is 24.7. The maximum Gasteiger partial charge on any atom is 0.128 e. The second-order valence-corrected chi connectivity index (χ2v) is 10.5. The van der Waals surface area contributed by atoms with Gasteiger partial charge in [-0.3, -0.25) is 0 Å². The van der Waals surface area contributed by atoms with Crippen LogP contribution in [0.3, 0.4) is 0 Å². The van der Waals surface area contributed by atoms with Crippen molar-refractivity contribution in [2.45, 2.75) is 175 Å². The molecule has 0 aliphatic heterocycles. The molecule has 1 radical (unpaired) electrons. The van der Waals surface area contributed by atoms with E-state index in [2.05, 4.69) is 27.7 Å². The number of nitrogens with zero attached hydrogens (tertiary/aromatic N) is 2. The summed E-state index contributed by atoms with van der Waals surface area (Å²) in [5.74, 6) is 1.09. The number of hydrogen-bond donors (Lipinski definition) is 0. The van der Waals surface area contributed by atoms with Gasteiger partial charge in [0.1, 0.15) is 5.82 Å². The molecule has 0 unspecified atom stereocenters. The molecule has 0 aliphatic carbocycles. The van der Waals surface area contributed by atoms with Crippen LogP contribution in [0.1, 0.15) is 172 Å². The van der Waals surface area contributed by atoms with Crippen LogP contribution in [-0.2, 0) is 25.7 Å². The summed E-state index contributed by atoms with van der Waals surface area (Å²) in [5.41, 5.74) is 4.34. The lowest BCUT2D eigenvalue weighted by molar-refractivity contribution is 0.582. The molecule has 0 aromatic carbocycles. The van der Waals surface area contributed by atoms with E-state index in [-0.39, 0.29) is 0 Å². The van der Waals surface area contributed by atoms with Crippen LogP contribution in [0, 0.1) is 6.92 Å². The minimum atomic E-state index is 0.975. The van der Waals surface area contributed by atoms with Crippen molar-refractivity contribution in [3.05, 3.63) is 29.7 Å². The minimum absolute atomic E-state index is 0.975. The number of aromatic nitrogens is 2. The highest BCUT2D eigenvalue weighted by Crippen LogP contribution is 2.22. The molecule has 197 valence electrons. The molecule has 0 fully saturated rings. The Hall–Kier alpha value is -0.920. The Morgan fingerprint density at radius 1 is 0.441 bits per heavy atom. The Balaban J connectivity index is 2.85. The molecule has 2 heteroatoms. The third kappa shape index (κ3) is 15.2. The molecule has 1 rings (SSSR count). The number of unbranched alkanes of at least 4 members (excludes halogenated alkanes) is 16. The molecule has 1 aromatic rings. The third-order valence-corrected chi connectivity index (χ3v) is 7.19. The van der Waals surface area contributed by atoms with Crippen LogP contribution in [0.2, 0.25) is 0 Å². The summed E-state index contributed by atoms with van der Waals surface area (Å²) in [4.78, 5) is 10.3. The molecular weight excluding hydrogens is 412 g/mol. The monoisotopic (exact) mass is 471 g/mol. The second kappa shape index (κ2) is 22.5. The first kappa shape index (κ1) is 31.1. The summed E-state index contributed by atoms with van der Waals surface area (Å²) in [6.07, 6.45) is 31.0. The summed E-state index contributed by atoms with van der Waals surface area (Å²) >= 11 is 0. The van der Waals surface area contributed by atoms with Gasteiger partial charge < -0.3 is 0 Å². The highest BCUT2D eigenvalue weighted by atomic mass is 14.9. The van der Waals surface area contributed by atoms with E-state index in [0.717, 1.165) is 37.9 Å². The van der Waals surface area contributed by atoms with E-state index in [0.29, 0.717) is 0 Å². The van der Waals surface area contributed by atoms with E-state index >= 15 is 0 Å². The van der Waals surface area contributed by atoms with Gasteiger partial charge in [-0.05, 0) is 50.5 Å². The number of rotatable bonds is 24. The molecular formula is C32H59N2. The van der Waals surface area contributed by atoms with Gasteiger partial charge in [-0.25, -0.2) is 9.97 Å². The van der Waals surface area contributed by atoms with Crippen LogP contribution in [0.5, 0.6) is 0 Å². The average molecular weight is 472 g/mol. The van der Waals surface area contributed by atoms with Crippen LogP contribution in [0.15, 0.2) is 0 Å². The van der Waals surface area contributed by atoms with E-state index in [4.69, 9.17) is 9.97 Å². The molecule has 1 heterocycles. The normalized spacial score (nSPS) is 11.4. The molecule has 34 heavy (non-hydrogen) atoms. The Labute approximate surface area is 214 Å². The first-order valence-corrected chi connectivity index (χ1v) is 15.4. The smallest absolute Gasteiger partial charge is 0.128 e. The van der Waals surface area contributed by atoms with Gasteiger partial charge in [0.25, 0.3) is 0 Å². The van der Waals surface area contributed by atoms with Crippen molar-refractivity contribution in [2.75, 3.05) is 0 Å². The van der Waals surface area contributed by atoms with Gasteiger partial charge in [-0.1, -0.05) is 130 Å². The van der Waals surface area contributed by atoms with Crippen molar-refractivity contribution < 1.29 is 0 Å². The standard InChI is InChI=1S/C32H59N2/c1-5-9-13-16-19-22-25-29-30(26-23-20-17-14-10-6-2)33-32(28-12-8-4)34-31(29)27-24-21-18-15-11-7-3/h4-28H2,1-3H3. The lowest BCUT2D eigenvalue weighted by Gasteiger charge is -2.16. The molecule has 0 atom stereocenters. The highest BCUT2D eigenvalue weighted by Gasteiger charge is 2.14. The molecule has 0 N–H and O–H groups in total. The SMILES string of the molecule is [CH2]CCCc1nc(CCCCCCCC)c(CCCCCCCC)c(CCCCCCCC)n1. The van der Waals surface area contributed by atoms with E-state index < -0.39 is 0 Å². The molecule has 0 spiro atoms. The number of hydrogen-bond acceptors (Lipinski definition) is 2. The zero-order valence-electron chi connectivity index (χ0n) is 23.6. The maximum atomic E-state index is 5.16. The van der Waals surface area contributed by atoms with Crippen molar-refractivity contribution >= 4 is 0 Å². The van der Waals surface area contributed by atoms with Gasteiger partial charge >= 0.3 is 0 Å². The quantitative estimate of drug-likeness (QED) is 0.140. The van der Waals surface area contributed by atoms with Gasteiger partial charge in [-0.2, -0.15) is 0 Å². The molecule has 2 nitrogen and oxygen atoms in total. The molecule has 0 saturated heterocycles. The van der Waals surface area contributed by atoms with Gasteiger partial charge in [0.2, 0.25) is 0 Å². The van der Waals surface area contributed by atoms with E-state index in [1.807, 2.05) is 0 Å². The van der Waals surface area contributed by atoms with Crippen molar-refractivity contribution in [1.29, 1.82) is 0 Å². The second-order valence-electron chi connectivity index (χ2n) is 10.5. The lowest BCUT2D eigenvalue weighted by atomic mass is 9.96. The Morgan fingerprint density at radius 3 is 1.24 bits per heavy atom. The predicted molar refractivity (Wildman–Crippen MR) is 152 cm³/mol. The van der Waals surface area contributed by atoms with Gasteiger partial charge in [-0.15, -0.1) is 0 Å². The minimum Gasteiger partial charge on any atom is -0.238 e. The average Bonchev–Trinajstić information content (AvgIpc) is 2.85.